The molecule has 15 heavy (non-hydrogen) atoms. The average molecular weight is 208 g/mol. The van der Waals surface area contributed by atoms with Gasteiger partial charge in [0.25, 0.3) is 0 Å². The Hall–Kier alpha value is -2.04. The second kappa shape index (κ2) is 4.99. The lowest BCUT2D eigenvalue weighted by Crippen LogP contribution is -2.07. The molecule has 1 aromatic rings. The van der Waals surface area contributed by atoms with E-state index in [0.717, 1.165) is 0 Å². The van der Waals surface area contributed by atoms with E-state index >= 15 is 0 Å². The topological polar surface area (TPSA) is 70.9 Å². The molecule has 0 atom stereocenters. The summed E-state index contributed by atoms with van der Waals surface area (Å²) in [5.41, 5.74) is 3.51. The molecule has 0 heterocycles. The zero-order valence-corrected chi connectivity index (χ0v) is 8.52. The first-order valence-electron chi connectivity index (χ1n) is 4.30. The molecule has 0 aliphatic rings. The molecule has 1 amide bonds. The van der Waals surface area contributed by atoms with Crippen LogP contribution in [0.2, 0.25) is 0 Å². The number of hydrogen-bond donors (Lipinski definition) is 2. The van der Waals surface area contributed by atoms with E-state index in [4.69, 9.17) is 4.74 Å². The number of aromatic hydroxyl groups is 1. The number of carbonyl (C=O) groups excluding carboxylic acids is 1. The van der Waals surface area contributed by atoms with Crippen LogP contribution in [-0.4, -0.2) is 24.3 Å². The first-order chi connectivity index (χ1) is 7.19. The quantitative estimate of drug-likeness (QED) is 0.438. The van der Waals surface area contributed by atoms with Crippen molar-refractivity contribution in [1.82, 2.24) is 5.43 Å². The molecule has 0 aromatic heterocycles. The molecule has 0 saturated carbocycles. The number of amides is 1. The number of nitrogens with zero attached hydrogens (tertiary/aromatic N) is 1. The molecule has 0 spiro atoms. The minimum Gasteiger partial charge on any atom is -0.508 e. The highest BCUT2D eigenvalue weighted by atomic mass is 16.5. The second-order valence-electron chi connectivity index (χ2n) is 2.83. The molecule has 5 nitrogen and oxygen atoms in total. The van der Waals surface area contributed by atoms with Crippen LogP contribution in [0.3, 0.4) is 0 Å². The van der Waals surface area contributed by atoms with Gasteiger partial charge in [-0.1, -0.05) is 0 Å². The van der Waals surface area contributed by atoms with Gasteiger partial charge in [0.05, 0.1) is 12.8 Å². The maximum atomic E-state index is 10.1. The van der Waals surface area contributed by atoms with Gasteiger partial charge < -0.3 is 9.84 Å². The molecule has 80 valence electrons. The van der Waals surface area contributed by atoms with Crippen LogP contribution in [0.25, 0.3) is 0 Å². The van der Waals surface area contributed by atoms with Crippen molar-refractivity contribution < 1.29 is 14.6 Å². The van der Waals surface area contributed by atoms with Gasteiger partial charge in [0, 0.05) is 11.6 Å². The van der Waals surface area contributed by atoms with Crippen molar-refractivity contribution in [3.63, 3.8) is 0 Å². The monoisotopic (exact) mass is 208 g/mol. The van der Waals surface area contributed by atoms with E-state index in [1.165, 1.54) is 19.2 Å². The van der Waals surface area contributed by atoms with Gasteiger partial charge in [-0.15, -0.1) is 0 Å². The van der Waals surface area contributed by atoms with Crippen LogP contribution in [0.15, 0.2) is 23.3 Å². The van der Waals surface area contributed by atoms with Gasteiger partial charge in [-0.2, -0.15) is 5.10 Å². The molecule has 0 saturated heterocycles. The van der Waals surface area contributed by atoms with Gasteiger partial charge in [0.15, 0.2) is 0 Å². The Kier molecular flexibility index (Phi) is 3.68. The molecular weight excluding hydrogens is 196 g/mol. The summed E-state index contributed by atoms with van der Waals surface area (Å²) in [4.78, 5) is 10.1. The summed E-state index contributed by atoms with van der Waals surface area (Å²) in [6, 6.07) is 4.67. The Morgan fingerprint density at radius 1 is 1.60 bits per heavy atom. The maximum Gasteiger partial charge on any atom is 0.227 e. The SMILES string of the molecule is COc1cc(O)ccc1/C(C)=N\NC=O. The normalized spacial score (nSPS) is 10.9. The predicted octanol–water partition coefficient (Wildman–Crippen LogP) is 0.871. The van der Waals surface area contributed by atoms with Crippen LogP contribution in [0.1, 0.15) is 12.5 Å². The Labute approximate surface area is 87.4 Å². The van der Waals surface area contributed by atoms with E-state index < -0.39 is 0 Å². The van der Waals surface area contributed by atoms with Crippen molar-refractivity contribution in [2.24, 2.45) is 5.10 Å². The number of methoxy groups -OCH3 is 1. The van der Waals surface area contributed by atoms with Crippen molar-refractivity contribution in [3.8, 4) is 11.5 Å². The van der Waals surface area contributed by atoms with Gasteiger partial charge >= 0.3 is 0 Å². The third kappa shape index (κ3) is 2.70. The fraction of sp³-hybridized carbons (Fsp3) is 0.200. The first kappa shape index (κ1) is 11.0. The number of phenolic OH excluding ortho intramolecular Hbond substituents is 1. The van der Waals surface area contributed by atoms with Gasteiger partial charge in [0.2, 0.25) is 6.41 Å². The van der Waals surface area contributed by atoms with Crippen molar-refractivity contribution in [3.05, 3.63) is 23.8 Å². The lowest BCUT2D eigenvalue weighted by atomic mass is 10.1. The third-order valence-corrected chi connectivity index (χ3v) is 1.86. The number of ether oxygens (including phenoxy) is 1. The molecule has 0 fully saturated rings. The van der Waals surface area contributed by atoms with Gasteiger partial charge in [-0.25, -0.2) is 5.43 Å². The number of rotatable bonds is 4. The summed E-state index contributed by atoms with van der Waals surface area (Å²) in [6.07, 6.45) is 0.483. The van der Waals surface area contributed by atoms with Crippen molar-refractivity contribution in [2.75, 3.05) is 7.11 Å². The standard InChI is InChI=1S/C10H12N2O3/c1-7(12-11-6-13)9-4-3-8(14)5-10(9)15-2/h3-6,14H,1-2H3,(H,11,13)/b12-7-. The van der Waals surface area contributed by atoms with Crippen LogP contribution >= 0.6 is 0 Å². The molecule has 1 rings (SSSR count). The highest BCUT2D eigenvalue weighted by Crippen LogP contribution is 2.24. The van der Waals surface area contributed by atoms with Crippen LogP contribution in [0.4, 0.5) is 0 Å². The zero-order valence-electron chi connectivity index (χ0n) is 8.52. The van der Waals surface area contributed by atoms with E-state index in [1.807, 2.05) is 0 Å². The minimum absolute atomic E-state index is 0.117. The molecule has 0 aliphatic carbocycles. The van der Waals surface area contributed by atoms with E-state index in [9.17, 15) is 9.90 Å². The highest BCUT2D eigenvalue weighted by molar-refractivity contribution is 6.01. The van der Waals surface area contributed by atoms with Gasteiger partial charge in [-0.3, -0.25) is 4.79 Å². The third-order valence-electron chi connectivity index (χ3n) is 1.86. The van der Waals surface area contributed by atoms with E-state index in [-0.39, 0.29) is 5.75 Å². The van der Waals surface area contributed by atoms with Gasteiger partial charge in [0.1, 0.15) is 11.5 Å². The Morgan fingerprint density at radius 2 is 2.33 bits per heavy atom. The minimum atomic E-state index is 0.117. The lowest BCUT2D eigenvalue weighted by molar-refractivity contribution is -0.109. The van der Waals surface area contributed by atoms with Gasteiger partial charge in [-0.05, 0) is 19.1 Å². The van der Waals surface area contributed by atoms with Crippen LogP contribution in [-0.2, 0) is 4.79 Å². The summed E-state index contributed by atoms with van der Waals surface area (Å²) >= 11 is 0. The predicted molar refractivity (Wildman–Crippen MR) is 56.1 cm³/mol. The van der Waals surface area contributed by atoms with Crippen molar-refractivity contribution in [2.45, 2.75) is 6.92 Å². The summed E-state index contributed by atoms with van der Waals surface area (Å²) in [6.45, 7) is 1.73. The lowest BCUT2D eigenvalue weighted by Gasteiger charge is -2.07. The Morgan fingerprint density at radius 3 is 2.93 bits per heavy atom. The highest BCUT2D eigenvalue weighted by Gasteiger charge is 2.06. The van der Waals surface area contributed by atoms with E-state index in [1.54, 1.807) is 13.0 Å². The molecule has 5 heteroatoms. The largest absolute Gasteiger partial charge is 0.508 e. The Bertz CT molecular complexity index is 388. The second-order valence-corrected chi connectivity index (χ2v) is 2.83. The number of phenols is 1. The zero-order chi connectivity index (χ0) is 11.3. The summed E-state index contributed by atoms with van der Waals surface area (Å²) in [5.74, 6) is 0.621. The average Bonchev–Trinajstić information content (AvgIpc) is 2.25. The molecule has 0 bridgehead atoms. The number of carbonyl (C=O) groups is 1. The summed E-state index contributed by atoms with van der Waals surface area (Å²) < 4.78 is 5.07. The molecule has 0 unspecified atom stereocenters. The smallest absolute Gasteiger partial charge is 0.227 e. The molecule has 1 aromatic carbocycles. The Balaban J connectivity index is 3.07. The van der Waals surface area contributed by atoms with E-state index in [0.29, 0.717) is 23.4 Å². The van der Waals surface area contributed by atoms with Crippen molar-refractivity contribution in [1.29, 1.82) is 0 Å². The molecule has 0 aliphatic heterocycles. The number of benzene rings is 1. The van der Waals surface area contributed by atoms with E-state index in [2.05, 4.69) is 10.5 Å². The number of hydrazone groups is 1. The molecule has 0 radical (unpaired) electrons. The fourth-order valence-electron chi connectivity index (χ4n) is 1.16. The van der Waals surface area contributed by atoms with Crippen LogP contribution in [0.5, 0.6) is 11.5 Å². The van der Waals surface area contributed by atoms with Crippen LogP contribution < -0.4 is 10.2 Å². The van der Waals surface area contributed by atoms with Crippen LogP contribution in [0, 0.1) is 0 Å². The molecular formula is C10H12N2O3. The maximum absolute atomic E-state index is 10.1. The fourth-order valence-corrected chi connectivity index (χ4v) is 1.16. The first-order valence-corrected chi connectivity index (χ1v) is 4.30. The molecule has 2 N–H and O–H groups in total. The number of nitrogens with one attached hydrogen (secondary N) is 1. The van der Waals surface area contributed by atoms with Crippen molar-refractivity contribution >= 4 is 12.1 Å². The summed E-state index contributed by atoms with van der Waals surface area (Å²) in [5, 5.41) is 13.0. The summed E-state index contributed by atoms with van der Waals surface area (Å²) in [7, 11) is 1.50. The number of hydrogen-bond acceptors (Lipinski definition) is 4.